The molecule has 0 aromatic carbocycles. The number of carboxylic acids is 1. The Morgan fingerprint density at radius 1 is 1.10 bits per heavy atom. The van der Waals surface area contributed by atoms with Gasteiger partial charge < -0.3 is 14.9 Å². The van der Waals surface area contributed by atoms with Gasteiger partial charge in [-0.3, -0.25) is 0 Å². The van der Waals surface area contributed by atoms with Crippen LogP contribution in [0.2, 0.25) is 0 Å². The van der Waals surface area contributed by atoms with E-state index in [0.717, 1.165) is 44.6 Å². The van der Waals surface area contributed by atoms with Gasteiger partial charge in [0.15, 0.2) is 0 Å². The van der Waals surface area contributed by atoms with Crippen LogP contribution in [0.3, 0.4) is 0 Å². The molecule has 0 aliphatic heterocycles. The second-order valence-corrected chi connectivity index (χ2v) is 4.30. The maximum atomic E-state index is 11.0. The molecule has 0 spiro atoms. The van der Waals surface area contributed by atoms with E-state index in [2.05, 4.69) is 13.2 Å². The van der Waals surface area contributed by atoms with E-state index in [1.54, 1.807) is 6.92 Å². The molecule has 0 heterocycles. The summed E-state index contributed by atoms with van der Waals surface area (Å²) in [6, 6.07) is 0. The zero-order valence-corrected chi connectivity index (χ0v) is 12.3. The normalized spacial score (nSPS) is 9.10. The molecule has 0 radical (unpaired) electrons. The molecule has 0 rings (SSSR count). The van der Waals surface area contributed by atoms with Crippen molar-refractivity contribution in [3.8, 4) is 0 Å². The van der Waals surface area contributed by atoms with E-state index >= 15 is 0 Å². The van der Waals surface area contributed by atoms with Gasteiger partial charge in [-0.2, -0.15) is 0 Å². The van der Waals surface area contributed by atoms with Crippen molar-refractivity contribution in [2.45, 2.75) is 45.4 Å². The van der Waals surface area contributed by atoms with Gasteiger partial charge in [0, 0.05) is 18.3 Å². The highest BCUT2D eigenvalue weighted by Crippen LogP contribution is 2.05. The third-order valence-corrected chi connectivity index (χ3v) is 2.31. The van der Waals surface area contributed by atoms with Crippen molar-refractivity contribution in [2.24, 2.45) is 0 Å². The quantitative estimate of drug-likeness (QED) is 0.366. The average molecular weight is 286 g/mol. The predicted octanol–water partition coefficient (Wildman–Crippen LogP) is 2.70. The third kappa shape index (κ3) is 18.7. The first-order valence-corrected chi connectivity index (χ1v) is 6.74. The number of aliphatic carboxylic acids is 1. The number of unbranched alkanes of at least 4 members (excludes halogenated alkanes) is 5. The van der Waals surface area contributed by atoms with Gasteiger partial charge in [0.2, 0.25) is 0 Å². The van der Waals surface area contributed by atoms with Crippen LogP contribution in [0.5, 0.6) is 0 Å². The zero-order valence-electron chi connectivity index (χ0n) is 12.3. The number of carboxylic acid groups (broad SMARTS) is 1. The average Bonchev–Trinajstić information content (AvgIpc) is 2.42. The first-order valence-electron chi connectivity index (χ1n) is 6.74. The fourth-order valence-corrected chi connectivity index (χ4v) is 1.21. The molecule has 0 bridgehead atoms. The Kier molecular flexibility index (Phi) is 16.0. The van der Waals surface area contributed by atoms with Crippen LogP contribution in [0.1, 0.15) is 45.4 Å². The summed E-state index contributed by atoms with van der Waals surface area (Å²) in [5.74, 6) is -1.28. The van der Waals surface area contributed by atoms with Crippen LogP contribution in [0.15, 0.2) is 24.8 Å². The lowest BCUT2D eigenvalue weighted by Gasteiger charge is -2.03. The summed E-state index contributed by atoms with van der Waals surface area (Å²) in [7, 11) is 0. The van der Waals surface area contributed by atoms with Crippen molar-refractivity contribution in [1.29, 1.82) is 0 Å². The SMILES string of the molecule is C=C(C)C(=O)OCCCCCCCCO.C=CC(=O)O. The van der Waals surface area contributed by atoms with Gasteiger partial charge in [-0.05, 0) is 19.8 Å². The minimum absolute atomic E-state index is 0.288. The minimum atomic E-state index is -0.981. The van der Waals surface area contributed by atoms with E-state index in [1.165, 1.54) is 0 Å². The number of carbonyl (C=O) groups excluding carboxylic acids is 1. The molecule has 5 nitrogen and oxygen atoms in total. The molecule has 0 atom stereocenters. The molecule has 0 aliphatic rings. The lowest BCUT2D eigenvalue weighted by molar-refractivity contribution is -0.139. The zero-order chi connectivity index (χ0) is 15.8. The molecule has 20 heavy (non-hydrogen) atoms. The van der Waals surface area contributed by atoms with Crippen molar-refractivity contribution >= 4 is 11.9 Å². The number of aliphatic hydroxyl groups excluding tert-OH is 1. The molecular weight excluding hydrogens is 260 g/mol. The maximum Gasteiger partial charge on any atom is 0.333 e. The van der Waals surface area contributed by atoms with Gasteiger partial charge in [0.25, 0.3) is 0 Å². The van der Waals surface area contributed by atoms with Gasteiger partial charge in [0.1, 0.15) is 0 Å². The van der Waals surface area contributed by atoms with E-state index in [4.69, 9.17) is 14.9 Å². The lowest BCUT2D eigenvalue weighted by atomic mass is 10.1. The Hall–Kier alpha value is -1.62. The van der Waals surface area contributed by atoms with Gasteiger partial charge >= 0.3 is 11.9 Å². The van der Waals surface area contributed by atoms with Crippen LogP contribution in [0, 0.1) is 0 Å². The third-order valence-electron chi connectivity index (χ3n) is 2.31. The Morgan fingerprint density at radius 2 is 1.55 bits per heavy atom. The molecule has 0 aromatic heterocycles. The van der Waals surface area contributed by atoms with Crippen molar-refractivity contribution in [3.63, 3.8) is 0 Å². The molecule has 0 saturated heterocycles. The second kappa shape index (κ2) is 15.4. The summed E-state index contributed by atoms with van der Waals surface area (Å²) >= 11 is 0. The number of hydrogen-bond acceptors (Lipinski definition) is 4. The standard InChI is InChI=1S/C12H22O3.C3H4O2/c1-11(2)12(14)15-10-8-6-4-3-5-7-9-13;1-2-3(4)5/h13H,1,3-10H2,2H3;2H,1H2,(H,4,5). The van der Waals surface area contributed by atoms with E-state index in [9.17, 15) is 9.59 Å². The van der Waals surface area contributed by atoms with Crippen LogP contribution in [0.4, 0.5) is 0 Å². The van der Waals surface area contributed by atoms with Crippen LogP contribution in [0.25, 0.3) is 0 Å². The highest BCUT2D eigenvalue weighted by molar-refractivity contribution is 5.86. The molecule has 0 aromatic rings. The first kappa shape index (κ1) is 20.7. The second-order valence-electron chi connectivity index (χ2n) is 4.30. The van der Waals surface area contributed by atoms with E-state index < -0.39 is 5.97 Å². The van der Waals surface area contributed by atoms with Crippen molar-refractivity contribution < 1.29 is 24.5 Å². The Balaban J connectivity index is 0. The lowest BCUT2D eigenvalue weighted by Crippen LogP contribution is -2.05. The van der Waals surface area contributed by atoms with Gasteiger partial charge in [-0.1, -0.05) is 38.8 Å². The Morgan fingerprint density at radius 3 is 1.95 bits per heavy atom. The number of hydrogen-bond donors (Lipinski definition) is 2. The topological polar surface area (TPSA) is 83.8 Å². The number of aliphatic hydroxyl groups is 1. The van der Waals surface area contributed by atoms with Gasteiger partial charge in [-0.25, -0.2) is 9.59 Å². The van der Waals surface area contributed by atoms with Crippen molar-refractivity contribution in [1.82, 2.24) is 0 Å². The van der Waals surface area contributed by atoms with Crippen LogP contribution in [-0.2, 0) is 14.3 Å². The molecule has 0 fully saturated rings. The molecule has 0 unspecified atom stereocenters. The molecular formula is C15H26O5. The Labute approximate surface area is 121 Å². The van der Waals surface area contributed by atoms with Gasteiger partial charge in [0.05, 0.1) is 6.61 Å². The largest absolute Gasteiger partial charge is 0.478 e. The summed E-state index contributed by atoms with van der Waals surface area (Å²) in [5, 5.41) is 16.2. The van der Waals surface area contributed by atoms with Crippen molar-refractivity contribution in [3.05, 3.63) is 24.8 Å². The molecule has 0 aliphatic carbocycles. The molecule has 0 amide bonds. The summed E-state index contributed by atoms with van der Waals surface area (Å²) < 4.78 is 4.95. The molecule has 116 valence electrons. The molecule has 2 N–H and O–H groups in total. The monoisotopic (exact) mass is 286 g/mol. The highest BCUT2D eigenvalue weighted by atomic mass is 16.5. The first-order chi connectivity index (χ1) is 9.45. The van der Waals surface area contributed by atoms with E-state index in [1.807, 2.05) is 0 Å². The van der Waals surface area contributed by atoms with Crippen LogP contribution >= 0.6 is 0 Å². The van der Waals surface area contributed by atoms with Crippen LogP contribution in [-0.4, -0.2) is 35.4 Å². The van der Waals surface area contributed by atoms with Gasteiger partial charge in [-0.15, -0.1) is 0 Å². The van der Waals surface area contributed by atoms with E-state index in [0.29, 0.717) is 12.2 Å². The summed E-state index contributed by atoms with van der Waals surface area (Å²) in [6.45, 7) is 8.90. The number of rotatable bonds is 10. The molecule has 0 saturated carbocycles. The van der Waals surface area contributed by atoms with E-state index in [-0.39, 0.29) is 12.6 Å². The smallest absolute Gasteiger partial charge is 0.333 e. The fraction of sp³-hybridized carbons (Fsp3) is 0.600. The highest BCUT2D eigenvalue weighted by Gasteiger charge is 2.01. The summed E-state index contributed by atoms with van der Waals surface area (Å²) in [4.78, 5) is 20.2. The molecule has 5 heteroatoms. The Bertz CT molecular complexity index is 297. The summed E-state index contributed by atoms with van der Waals surface area (Å²) in [5.41, 5.74) is 0.456. The minimum Gasteiger partial charge on any atom is -0.478 e. The van der Waals surface area contributed by atoms with Crippen molar-refractivity contribution in [2.75, 3.05) is 13.2 Å². The van der Waals surface area contributed by atoms with Crippen LogP contribution < -0.4 is 0 Å². The fourth-order valence-electron chi connectivity index (χ4n) is 1.21. The number of carbonyl (C=O) groups is 2. The number of esters is 1. The summed E-state index contributed by atoms with van der Waals surface area (Å²) in [6.07, 6.45) is 7.10. The maximum absolute atomic E-state index is 11.0. The number of ether oxygens (including phenoxy) is 1. The predicted molar refractivity (Wildman–Crippen MR) is 78.4 cm³/mol.